The van der Waals surface area contributed by atoms with Gasteiger partial charge in [0.2, 0.25) is 5.28 Å². The first-order valence-corrected chi connectivity index (χ1v) is 8.50. The molecule has 118 valence electrons. The first-order valence-electron chi connectivity index (χ1n) is 8.12. The van der Waals surface area contributed by atoms with E-state index in [1.54, 1.807) is 6.20 Å². The van der Waals surface area contributed by atoms with E-state index in [0.717, 1.165) is 29.0 Å². The smallest absolute Gasteiger partial charge is 0.224 e. The van der Waals surface area contributed by atoms with Crippen molar-refractivity contribution in [3.8, 4) is 5.82 Å². The highest BCUT2D eigenvalue weighted by Crippen LogP contribution is 2.43. The van der Waals surface area contributed by atoms with E-state index in [2.05, 4.69) is 46.6 Å². The second-order valence-electron chi connectivity index (χ2n) is 6.68. The highest BCUT2D eigenvalue weighted by Gasteiger charge is 2.29. The van der Waals surface area contributed by atoms with E-state index < -0.39 is 0 Å². The minimum Gasteiger partial charge on any atom is -0.282 e. The maximum atomic E-state index is 6.03. The van der Waals surface area contributed by atoms with Crippen LogP contribution in [0, 0.1) is 5.92 Å². The van der Waals surface area contributed by atoms with Crippen molar-refractivity contribution in [3.63, 3.8) is 0 Å². The molecule has 0 aromatic carbocycles. The third-order valence-electron chi connectivity index (χ3n) is 4.17. The maximum Gasteiger partial charge on any atom is 0.224 e. The molecule has 5 heteroatoms. The second-order valence-corrected chi connectivity index (χ2v) is 7.02. The molecule has 1 fully saturated rings. The predicted molar refractivity (Wildman–Crippen MR) is 92.2 cm³/mol. The van der Waals surface area contributed by atoms with Crippen LogP contribution < -0.4 is 0 Å². The summed E-state index contributed by atoms with van der Waals surface area (Å²) in [6, 6.07) is 8.39. The SMILES string of the molecule is CC(C)Cc1cccc(-n2c(C3CC3)cc3cnc(Cl)nc32)n1. The van der Waals surface area contributed by atoms with Crippen LogP contribution in [0.25, 0.3) is 16.9 Å². The molecule has 0 N–H and O–H groups in total. The van der Waals surface area contributed by atoms with E-state index in [1.165, 1.54) is 18.5 Å². The fraction of sp³-hybridized carbons (Fsp3) is 0.389. The lowest BCUT2D eigenvalue weighted by Crippen LogP contribution is -2.06. The summed E-state index contributed by atoms with van der Waals surface area (Å²) >= 11 is 6.03. The Hall–Kier alpha value is -1.94. The second kappa shape index (κ2) is 5.60. The topological polar surface area (TPSA) is 43.6 Å². The molecule has 0 spiro atoms. The fourth-order valence-electron chi connectivity index (χ4n) is 3.03. The fourth-order valence-corrected chi connectivity index (χ4v) is 3.16. The summed E-state index contributed by atoms with van der Waals surface area (Å²) in [5.74, 6) is 2.10. The molecule has 0 amide bonds. The Balaban J connectivity index is 1.90. The molecule has 0 unspecified atom stereocenters. The molecular weight excluding hydrogens is 308 g/mol. The van der Waals surface area contributed by atoms with Crippen LogP contribution in [-0.2, 0) is 6.42 Å². The lowest BCUT2D eigenvalue weighted by Gasteiger charge is -2.11. The number of hydrogen-bond acceptors (Lipinski definition) is 3. The minimum absolute atomic E-state index is 0.275. The van der Waals surface area contributed by atoms with Crippen molar-refractivity contribution in [1.29, 1.82) is 0 Å². The molecule has 0 radical (unpaired) electrons. The van der Waals surface area contributed by atoms with Gasteiger partial charge in [0.25, 0.3) is 0 Å². The van der Waals surface area contributed by atoms with Crippen molar-refractivity contribution in [1.82, 2.24) is 19.5 Å². The quantitative estimate of drug-likeness (QED) is 0.661. The van der Waals surface area contributed by atoms with Gasteiger partial charge in [0, 0.05) is 23.0 Å². The average Bonchev–Trinajstić information content (AvgIpc) is 3.28. The molecule has 0 aliphatic heterocycles. The molecule has 4 nitrogen and oxygen atoms in total. The number of pyridine rings is 1. The largest absolute Gasteiger partial charge is 0.282 e. The van der Waals surface area contributed by atoms with Gasteiger partial charge in [0.1, 0.15) is 5.82 Å². The Morgan fingerprint density at radius 2 is 2.09 bits per heavy atom. The van der Waals surface area contributed by atoms with Gasteiger partial charge < -0.3 is 0 Å². The molecule has 3 heterocycles. The minimum atomic E-state index is 0.275. The van der Waals surface area contributed by atoms with Crippen LogP contribution in [0.2, 0.25) is 5.28 Å². The number of halogens is 1. The van der Waals surface area contributed by atoms with Crippen molar-refractivity contribution in [2.24, 2.45) is 5.92 Å². The molecule has 1 aliphatic rings. The summed E-state index contributed by atoms with van der Waals surface area (Å²) < 4.78 is 2.16. The van der Waals surface area contributed by atoms with Crippen molar-refractivity contribution in [2.45, 2.75) is 39.0 Å². The van der Waals surface area contributed by atoms with Gasteiger partial charge in [-0.25, -0.2) is 9.97 Å². The number of rotatable bonds is 4. The molecule has 23 heavy (non-hydrogen) atoms. The first-order chi connectivity index (χ1) is 11.1. The third-order valence-corrected chi connectivity index (χ3v) is 4.36. The summed E-state index contributed by atoms with van der Waals surface area (Å²) in [5.41, 5.74) is 3.23. The normalized spacial score (nSPS) is 14.8. The number of aromatic nitrogens is 4. The molecule has 1 aliphatic carbocycles. The van der Waals surface area contributed by atoms with Gasteiger partial charge in [-0.3, -0.25) is 4.57 Å². The lowest BCUT2D eigenvalue weighted by molar-refractivity contribution is 0.634. The van der Waals surface area contributed by atoms with Crippen molar-refractivity contribution >= 4 is 22.6 Å². The molecule has 1 saturated carbocycles. The van der Waals surface area contributed by atoms with Crippen LogP contribution in [0.4, 0.5) is 0 Å². The van der Waals surface area contributed by atoms with Gasteiger partial charge in [-0.1, -0.05) is 19.9 Å². The number of nitrogens with zero attached hydrogens (tertiary/aromatic N) is 4. The van der Waals surface area contributed by atoms with Gasteiger partial charge in [-0.2, -0.15) is 4.98 Å². The standard InChI is InChI=1S/C18H19ClN4/c1-11(2)8-14-4-3-5-16(21-14)23-15(12-6-7-12)9-13-10-20-18(19)22-17(13)23/h3-5,9-12H,6-8H2,1-2H3. The number of hydrogen-bond donors (Lipinski definition) is 0. The zero-order chi connectivity index (χ0) is 16.0. The highest BCUT2D eigenvalue weighted by molar-refractivity contribution is 6.28. The molecule has 3 aromatic heterocycles. The van der Waals surface area contributed by atoms with E-state index in [-0.39, 0.29) is 5.28 Å². The number of fused-ring (bicyclic) bond motifs is 1. The summed E-state index contributed by atoms with van der Waals surface area (Å²) in [6.45, 7) is 4.42. The predicted octanol–water partition coefficient (Wildman–Crippen LogP) is 4.54. The molecule has 4 rings (SSSR count). The third kappa shape index (κ3) is 2.83. The van der Waals surface area contributed by atoms with E-state index in [4.69, 9.17) is 16.6 Å². The van der Waals surface area contributed by atoms with Crippen LogP contribution in [0.5, 0.6) is 0 Å². The summed E-state index contributed by atoms with van der Waals surface area (Å²) in [7, 11) is 0. The lowest BCUT2D eigenvalue weighted by atomic mass is 10.1. The van der Waals surface area contributed by atoms with Crippen LogP contribution in [0.15, 0.2) is 30.5 Å². The summed E-state index contributed by atoms with van der Waals surface area (Å²) in [6.07, 6.45) is 5.22. The van der Waals surface area contributed by atoms with E-state index in [1.807, 2.05) is 6.07 Å². The van der Waals surface area contributed by atoms with Crippen molar-refractivity contribution in [2.75, 3.05) is 0 Å². The van der Waals surface area contributed by atoms with Gasteiger partial charge in [0.05, 0.1) is 0 Å². The van der Waals surface area contributed by atoms with E-state index in [9.17, 15) is 0 Å². The van der Waals surface area contributed by atoms with Gasteiger partial charge in [0.15, 0.2) is 5.65 Å². The maximum absolute atomic E-state index is 6.03. The molecule has 0 bridgehead atoms. The Morgan fingerprint density at radius 1 is 1.26 bits per heavy atom. The van der Waals surface area contributed by atoms with Crippen LogP contribution in [-0.4, -0.2) is 19.5 Å². The summed E-state index contributed by atoms with van der Waals surface area (Å²) in [4.78, 5) is 13.4. The summed E-state index contributed by atoms with van der Waals surface area (Å²) in [5, 5.41) is 1.30. The monoisotopic (exact) mass is 326 g/mol. The zero-order valence-corrected chi connectivity index (χ0v) is 14.1. The van der Waals surface area contributed by atoms with Gasteiger partial charge >= 0.3 is 0 Å². The molecule has 0 atom stereocenters. The Kier molecular flexibility index (Phi) is 3.57. The van der Waals surface area contributed by atoms with Crippen LogP contribution >= 0.6 is 11.6 Å². The zero-order valence-electron chi connectivity index (χ0n) is 13.3. The average molecular weight is 327 g/mol. The first kappa shape index (κ1) is 14.6. The van der Waals surface area contributed by atoms with E-state index in [0.29, 0.717) is 11.8 Å². The van der Waals surface area contributed by atoms with E-state index >= 15 is 0 Å². The van der Waals surface area contributed by atoms with Crippen molar-refractivity contribution < 1.29 is 0 Å². The molecular formula is C18H19ClN4. The Labute approximate surface area is 140 Å². The highest BCUT2D eigenvalue weighted by atomic mass is 35.5. The van der Waals surface area contributed by atoms with Crippen LogP contribution in [0.3, 0.4) is 0 Å². The molecule has 3 aromatic rings. The molecule has 0 saturated heterocycles. The van der Waals surface area contributed by atoms with Gasteiger partial charge in [-0.05, 0) is 60.9 Å². The van der Waals surface area contributed by atoms with Crippen LogP contribution in [0.1, 0.15) is 44.0 Å². The Bertz CT molecular complexity index is 865. The van der Waals surface area contributed by atoms with Gasteiger partial charge in [-0.15, -0.1) is 0 Å². The van der Waals surface area contributed by atoms with Crippen molar-refractivity contribution in [3.05, 3.63) is 47.1 Å². The Morgan fingerprint density at radius 3 is 2.83 bits per heavy atom.